The van der Waals surface area contributed by atoms with E-state index in [1.54, 1.807) is 49.7 Å². The Kier molecular flexibility index (Phi) is 10.2. The number of hydrogen-bond donors (Lipinski definition) is 1. The summed E-state index contributed by atoms with van der Waals surface area (Å²) in [4.78, 5) is 0.147. The molecule has 0 fully saturated rings. The fourth-order valence-corrected chi connectivity index (χ4v) is 5.07. The summed E-state index contributed by atoms with van der Waals surface area (Å²) in [6.07, 6.45) is 1.63. The normalized spacial score (nSPS) is 11.4. The van der Waals surface area contributed by atoms with E-state index in [2.05, 4.69) is 31.5 Å². The molecule has 0 aliphatic heterocycles. The van der Waals surface area contributed by atoms with Crippen molar-refractivity contribution in [3.05, 3.63) is 72.9 Å². The Morgan fingerprint density at radius 3 is 2.20 bits per heavy atom. The van der Waals surface area contributed by atoms with E-state index in [-0.39, 0.29) is 16.4 Å². The largest absolute Gasteiger partial charge is 0.824 e. The van der Waals surface area contributed by atoms with E-state index in [1.165, 1.54) is 42.1 Å². The van der Waals surface area contributed by atoms with Crippen LogP contribution in [0.15, 0.2) is 82.7 Å². The van der Waals surface area contributed by atoms with Crippen molar-refractivity contribution in [1.29, 1.82) is 0 Å². The van der Waals surface area contributed by atoms with Gasteiger partial charge in [-0.2, -0.15) is 0 Å². The Balaban J connectivity index is 0.000000559. The second kappa shape index (κ2) is 13.4. The Hall–Kier alpha value is -3.97. The predicted octanol–water partition coefficient (Wildman–Crippen LogP) is 2.17. The molecule has 3 aromatic carbocycles. The summed E-state index contributed by atoms with van der Waals surface area (Å²) < 4.78 is 44.6. The number of likely N-dealkylation sites (N-methyl/N-ethyl adjacent to an activating group) is 1. The third kappa shape index (κ3) is 7.57. The molecule has 0 unspecified atom stereocenters. The third-order valence-corrected chi connectivity index (χ3v) is 7.54. The molecule has 0 atom stereocenters. The molecule has 1 aromatic heterocycles. The second-order valence-corrected chi connectivity index (χ2v) is 11.5. The minimum absolute atomic E-state index is 0.0671. The third-order valence-electron chi connectivity index (χ3n) is 5.71. The van der Waals surface area contributed by atoms with Crippen molar-refractivity contribution in [1.82, 2.24) is 15.0 Å². The summed E-state index contributed by atoms with van der Waals surface area (Å²) in [5, 5.41) is 27.4. The lowest BCUT2D eigenvalue weighted by atomic mass is 10.2. The molecule has 0 amide bonds. The molecular weight excluding hydrogens is 536 g/mol. The summed E-state index contributed by atoms with van der Waals surface area (Å²) in [5.41, 5.74) is 1.39. The van der Waals surface area contributed by atoms with Gasteiger partial charge in [0.2, 0.25) is 9.84 Å². The SMILES string of the molecule is COc1ccc(-n2cc(-c3ccccc3S(=O)(=O)c3ccc(OC[O-])cc3)nn2)c(OC)c1.C[N+](C)(C)CCO. The fraction of sp³-hybridized carbons (Fsp3) is 0.286. The molecule has 0 saturated carbocycles. The lowest BCUT2D eigenvalue weighted by Crippen LogP contribution is -2.36. The average molecular weight is 571 g/mol. The van der Waals surface area contributed by atoms with Crippen LogP contribution in [0.25, 0.3) is 16.9 Å². The monoisotopic (exact) mass is 570 g/mol. The predicted molar refractivity (Wildman–Crippen MR) is 147 cm³/mol. The number of aliphatic hydroxyl groups excluding tert-OH is 1. The van der Waals surface area contributed by atoms with Crippen molar-refractivity contribution >= 4 is 9.84 Å². The van der Waals surface area contributed by atoms with Crippen LogP contribution in [0.5, 0.6) is 17.2 Å². The van der Waals surface area contributed by atoms with E-state index < -0.39 is 16.6 Å². The molecule has 0 bridgehead atoms. The molecule has 0 saturated heterocycles. The number of benzene rings is 3. The topological polar surface area (TPSA) is 136 Å². The van der Waals surface area contributed by atoms with Gasteiger partial charge in [-0.05, 0) is 42.5 Å². The van der Waals surface area contributed by atoms with Gasteiger partial charge in [-0.15, -0.1) is 5.10 Å². The highest BCUT2D eigenvalue weighted by molar-refractivity contribution is 7.91. The first-order valence-electron chi connectivity index (χ1n) is 12.3. The molecule has 0 radical (unpaired) electrons. The first-order valence-corrected chi connectivity index (χ1v) is 13.7. The Labute approximate surface area is 234 Å². The number of nitrogens with zero attached hydrogens (tertiary/aromatic N) is 4. The minimum atomic E-state index is -3.88. The lowest BCUT2D eigenvalue weighted by molar-refractivity contribution is -0.870. The van der Waals surface area contributed by atoms with E-state index in [0.29, 0.717) is 34.2 Å². The van der Waals surface area contributed by atoms with Crippen LogP contribution in [-0.4, -0.2) is 88.3 Å². The van der Waals surface area contributed by atoms with Crippen LogP contribution in [0, 0.1) is 0 Å². The summed E-state index contributed by atoms with van der Waals surface area (Å²) in [5.74, 6) is 1.44. The van der Waals surface area contributed by atoms with Crippen molar-refractivity contribution in [2.75, 3.05) is 55.3 Å². The summed E-state index contributed by atoms with van der Waals surface area (Å²) >= 11 is 0. The van der Waals surface area contributed by atoms with Crippen LogP contribution >= 0.6 is 0 Å². The van der Waals surface area contributed by atoms with Gasteiger partial charge in [-0.1, -0.05) is 23.4 Å². The van der Waals surface area contributed by atoms with Crippen molar-refractivity contribution in [3.8, 4) is 34.2 Å². The van der Waals surface area contributed by atoms with Gasteiger partial charge in [0.05, 0.1) is 58.0 Å². The molecule has 214 valence electrons. The van der Waals surface area contributed by atoms with E-state index in [4.69, 9.17) is 19.3 Å². The first-order chi connectivity index (χ1) is 19.0. The minimum Gasteiger partial charge on any atom is -0.824 e. The highest BCUT2D eigenvalue weighted by atomic mass is 32.2. The molecule has 4 aromatic rings. The second-order valence-electron chi connectivity index (χ2n) is 9.56. The number of quaternary nitrogens is 1. The zero-order valence-electron chi connectivity index (χ0n) is 23.1. The van der Waals surface area contributed by atoms with E-state index >= 15 is 0 Å². The van der Waals surface area contributed by atoms with Crippen LogP contribution < -0.4 is 19.3 Å². The molecule has 1 N–H and O–H groups in total. The van der Waals surface area contributed by atoms with Crippen molar-refractivity contribution < 1.29 is 37.3 Å². The number of hydrogen-bond acceptors (Lipinski definition) is 9. The Bertz CT molecular complexity index is 1500. The standard InChI is InChI=1S/C23H20N3O6S.C5H14NO/c1-30-17-9-12-21(22(13-17)31-2)26-14-20(24-25-26)19-5-3-4-6-23(19)33(28,29)18-10-7-16(8-11-18)32-15-27;1-6(2,3)4-5-7/h3-14H,15H2,1-2H3;7H,4-5H2,1-3H3/q-1;+1. The zero-order valence-corrected chi connectivity index (χ0v) is 24.0. The van der Waals surface area contributed by atoms with E-state index in [9.17, 15) is 13.5 Å². The number of aromatic nitrogens is 3. The molecule has 0 aliphatic carbocycles. The summed E-state index contributed by atoms with van der Waals surface area (Å²) in [7, 11) is 5.37. The molecular formula is C28H34N4O7S. The number of ether oxygens (including phenoxy) is 3. The van der Waals surface area contributed by atoms with Crippen molar-refractivity contribution in [2.24, 2.45) is 0 Å². The van der Waals surface area contributed by atoms with Crippen molar-refractivity contribution in [3.63, 3.8) is 0 Å². The molecule has 11 nitrogen and oxygen atoms in total. The van der Waals surface area contributed by atoms with Gasteiger partial charge in [0.25, 0.3) is 0 Å². The maximum absolute atomic E-state index is 13.4. The van der Waals surface area contributed by atoms with Crippen molar-refractivity contribution in [2.45, 2.75) is 9.79 Å². The van der Waals surface area contributed by atoms with Gasteiger partial charge in [0, 0.05) is 18.4 Å². The summed E-state index contributed by atoms with van der Waals surface area (Å²) in [6.45, 7) is 0.368. The Morgan fingerprint density at radius 2 is 1.62 bits per heavy atom. The van der Waals surface area contributed by atoms with Crippen LogP contribution in [0.1, 0.15) is 0 Å². The van der Waals surface area contributed by atoms with Gasteiger partial charge in [-0.25, -0.2) is 13.1 Å². The van der Waals surface area contributed by atoms with Crippen LogP contribution in [0.3, 0.4) is 0 Å². The molecule has 0 aliphatic rings. The van der Waals surface area contributed by atoms with Gasteiger partial charge < -0.3 is 28.9 Å². The van der Waals surface area contributed by atoms with Gasteiger partial charge in [0.1, 0.15) is 35.2 Å². The molecule has 40 heavy (non-hydrogen) atoms. The zero-order chi connectivity index (χ0) is 29.3. The van der Waals surface area contributed by atoms with Gasteiger partial charge in [-0.3, -0.25) is 0 Å². The number of aliphatic hydroxyl groups is 1. The maximum atomic E-state index is 13.4. The fourth-order valence-electron chi connectivity index (χ4n) is 3.60. The number of sulfone groups is 1. The van der Waals surface area contributed by atoms with Crippen LogP contribution in [0.4, 0.5) is 0 Å². The van der Waals surface area contributed by atoms with E-state index in [0.717, 1.165) is 11.0 Å². The van der Waals surface area contributed by atoms with Gasteiger partial charge in [0.15, 0.2) is 0 Å². The highest BCUT2D eigenvalue weighted by Crippen LogP contribution is 2.33. The maximum Gasteiger partial charge on any atom is 0.207 e. The molecule has 1 heterocycles. The van der Waals surface area contributed by atoms with Crippen LogP contribution in [-0.2, 0) is 9.84 Å². The molecule has 0 spiro atoms. The molecule has 4 rings (SSSR count). The van der Waals surface area contributed by atoms with Gasteiger partial charge >= 0.3 is 0 Å². The highest BCUT2D eigenvalue weighted by Gasteiger charge is 2.23. The summed E-state index contributed by atoms with van der Waals surface area (Å²) in [6, 6.07) is 17.5. The van der Waals surface area contributed by atoms with E-state index in [1.807, 2.05) is 0 Å². The first kappa shape index (κ1) is 30.6. The number of methoxy groups -OCH3 is 2. The lowest BCUT2D eigenvalue weighted by Gasteiger charge is -2.21. The average Bonchev–Trinajstić information content (AvgIpc) is 3.43. The number of rotatable bonds is 10. The Morgan fingerprint density at radius 1 is 0.950 bits per heavy atom. The molecule has 12 heteroatoms. The smallest absolute Gasteiger partial charge is 0.207 e. The quantitative estimate of drug-likeness (QED) is 0.225. The van der Waals surface area contributed by atoms with Crippen LogP contribution in [0.2, 0.25) is 0 Å².